The van der Waals surface area contributed by atoms with E-state index in [2.05, 4.69) is 31.2 Å². The van der Waals surface area contributed by atoms with Crippen molar-refractivity contribution in [3.05, 3.63) is 21.6 Å². The van der Waals surface area contributed by atoms with Gasteiger partial charge in [-0.3, -0.25) is 14.6 Å². The van der Waals surface area contributed by atoms with Gasteiger partial charge in [0.15, 0.2) is 0 Å². The Hall–Kier alpha value is -1.03. The highest BCUT2D eigenvalue weighted by Crippen LogP contribution is 2.11. The van der Waals surface area contributed by atoms with Gasteiger partial charge in [0, 0.05) is 24.7 Å². The molecule has 1 unspecified atom stereocenters. The first-order valence-corrected chi connectivity index (χ1v) is 5.62. The Morgan fingerprint density at radius 2 is 2.27 bits per heavy atom. The second kappa shape index (κ2) is 3.85. The molecule has 2 heterocycles. The molecule has 2 N–H and O–H groups in total. The van der Waals surface area contributed by atoms with Crippen LogP contribution in [0.3, 0.4) is 0 Å². The van der Waals surface area contributed by atoms with Crippen molar-refractivity contribution in [2.75, 3.05) is 0 Å². The number of aromatic nitrogens is 2. The van der Waals surface area contributed by atoms with E-state index in [4.69, 9.17) is 0 Å². The van der Waals surface area contributed by atoms with Gasteiger partial charge in [0.1, 0.15) is 0 Å². The van der Waals surface area contributed by atoms with Gasteiger partial charge in [-0.25, -0.2) is 0 Å². The molecule has 0 bridgehead atoms. The van der Waals surface area contributed by atoms with Gasteiger partial charge in [-0.1, -0.05) is 13.8 Å². The van der Waals surface area contributed by atoms with Crippen LogP contribution in [0.4, 0.5) is 0 Å². The second-order valence-electron chi connectivity index (χ2n) is 4.86. The maximum Gasteiger partial charge on any atom is 0.270 e. The fraction of sp³-hybridized carbons (Fsp3) is 0.727. The number of hydrogen-bond acceptors (Lipinski definition) is 2. The van der Waals surface area contributed by atoms with E-state index in [9.17, 15) is 4.79 Å². The molecule has 2 rings (SSSR count). The van der Waals surface area contributed by atoms with Gasteiger partial charge in [-0.2, -0.15) is 0 Å². The molecule has 0 aliphatic carbocycles. The number of aromatic amines is 1. The maximum absolute atomic E-state index is 12.0. The van der Waals surface area contributed by atoms with E-state index in [1.54, 1.807) is 4.68 Å². The van der Waals surface area contributed by atoms with Crippen LogP contribution in [0.25, 0.3) is 0 Å². The van der Waals surface area contributed by atoms with Gasteiger partial charge in [0.05, 0.1) is 5.69 Å². The Balaban J connectivity index is 2.33. The topological polar surface area (TPSA) is 49.8 Å². The molecule has 1 aromatic rings. The van der Waals surface area contributed by atoms with E-state index >= 15 is 0 Å². The Labute approximate surface area is 89.7 Å². The number of rotatable bonds is 2. The third kappa shape index (κ3) is 2.00. The highest BCUT2D eigenvalue weighted by Gasteiger charge is 2.21. The van der Waals surface area contributed by atoms with Crippen LogP contribution in [0.2, 0.25) is 0 Å². The zero-order valence-electron chi connectivity index (χ0n) is 9.63. The van der Waals surface area contributed by atoms with E-state index in [1.165, 1.54) is 0 Å². The second-order valence-corrected chi connectivity index (χ2v) is 4.86. The summed E-state index contributed by atoms with van der Waals surface area (Å²) >= 11 is 0. The van der Waals surface area contributed by atoms with Gasteiger partial charge in [0.25, 0.3) is 5.56 Å². The van der Waals surface area contributed by atoms with Crippen molar-refractivity contribution >= 4 is 0 Å². The Morgan fingerprint density at radius 3 is 2.93 bits per heavy atom. The molecule has 4 heteroatoms. The maximum atomic E-state index is 12.0. The van der Waals surface area contributed by atoms with Crippen molar-refractivity contribution in [3.63, 3.8) is 0 Å². The number of nitrogens with zero attached hydrogens (tertiary/aromatic N) is 1. The van der Waals surface area contributed by atoms with Crippen molar-refractivity contribution in [2.45, 2.75) is 46.3 Å². The zero-order chi connectivity index (χ0) is 11.0. The standard InChI is InChI=1S/C11H19N3O/c1-7(2)6-14-11(15)9-4-8(3)12-5-10(9)13-14/h7-8,12-13H,4-6H2,1-3H3. The third-order valence-corrected chi connectivity index (χ3v) is 2.82. The highest BCUT2D eigenvalue weighted by atomic mass is 16.1. The van der Waals surface area contributed by atoms with Crippen LogP contribution in [0.5, 0.6) is 0 Å². The Morgan fingerprint density at radius 1 is 1.53 bits per heavy atom. The third-order valence-electron chi connectivity index (χ3n) is 2.82. The molecular weight excluding hydrogens is 190 g/mol. The largest absolute Gasteiger partial charge is 0.308 e. The highest BCUT2D eigenvalue weighted by molar-refractivity contribution is 5.21. The Bertz CT molecular complexity index is 402. The normalized spacial score (nSPS) is 20.7. The summed E-state index contributed by atoms with van der Waals surface area (Å²) in [5.41, 5.74) is 2.22. The van der Waals surface area contributed by atoms with Crippen LogP contribution in [-0.4, -0.2) is 15.8 Å². The molecular formula is C11H19N3O. The number of hydrogen-bond donors (Lipinski definition) is 2. The van der Waals surface area contributed by atoms with Crippen molar-refractivity contribution in [2.24, 2.45) is 5.92 Å². The van der Waals surface area contributed by atoms with Gasteiger partial charge >= 0.3 is 0 Å². The lowest BCUT2D eigenvalue weighted by Crippen LogP contribution is -2.34. The summed E-state index contributed by atoms with van der Waals surface area (Å²) in [6, 6.07) is 0.411. The quantitative estimate of drug-likeness (QED) is 0.759. The molecule has 0 radical (unpaired) electrons. The number of H-pyrrole nitrogens is 1. The first-order chi connectivity index (χ1) is 7.08. The molecule has 4 nitrogen and oxygen atoms in total. The summed E-state index contributed by atoms with van der Waals surface area (Å²) in [5, 5.41) is 6.54. The van der Waals surface area contributed by atoms with Gasteiger partial charge in [0.2, 0.25) is 0 Å². The van der Waals surface area contributed by atoms with E-state index < -0.39 is 0 Å². The van der Waals surface area contributed by atoms with Crippen molar-refractivity contribution in [1.82, 2.24) is 15.1 Å². The van der Waals surface area contributed by atoms with E-state index in [0.717, 1.165) is 30.8 Å². The monoisotopic (exact) mass is 209 g/mol. The summed E-state index contributed by atoms with van der Waals surface area (Å²) in [6.45, 7) is 7.92. The molecule has 15 heavy (non-hydrogen) atoms. The van der Waals surface area contributed by atoms with Crippen LogP contribution in [0.1, 0.15) is 32.0 Å². The summed E-state index contributed by atoms with van der Waals surface area (Å²) in [4.78, 5) is 12.0. The van der Waals surface area contributed by atoms with Crippen molar-refractivity contribution in [3.8, 4) is 0 Å². The van der Waals surface area contributed by atoms with Crippen LogP contribution < -0.4 is 10.9 Å². The van der Waals surface area contributed by atoms with Crippen molar-refractivity contribution in [1.29, 1.82) is 0 Å². The van der Waals surface area contributed by atoms with E-state index in [-0.39, 0.29) is 5.56 Å². The lowest BCUT2D eigenvalue weighted by molar-refractivity contribution is 0.466. The van der Waals surface area contributed by atoms with Gasteiger partial charge in [-0.05, 0) is 19.3 Å². The first kappa shape index (κ1) is 10.5. The molecule has 1 aliphatic heterocycles. The van der Waals surface area contributed by atoms with Crippen LogP contribution in [0, 0.1) is 5.92 Å². The molecule has 0 saturated carbocycles. The smallest absolute Gasteiger partial charge is 0.270 e. The van der Waals surface area contributed by atoms with Crippen LogP contribution >= 0.6 is 0 Å². The summed E-state index contributed by atoms with van der Waals surface area (Å²) in [5.74, 6) is 0.494. The average Bonchev–Trinajstić information content (AvgIpc) is 2.44. The van der Waals surface area contributed by atoms with Crippen LogP contribution in [0.15, 0.2) is 4.79 Å². The fourth-order valence-electron chi connectivity index (χ4n) is 2.08. The fourth-order valence-corrected chi connectivity index (χ4v) is 2.08. The van der Waals surface area contributed by atoms with Crippen LogP contribution in [-0.2, 0) is 19.5 Å². The summed E-state index contributed by atoms with van der Waals surface area (Å²) < 4.78 is 1.75. The van der Waals surface area contributed by atoms with E-state index in [1.807, 2.05) is 0 Å². The molecule has 84 valence electrons. The van der Waals surface area contributed by atoms with Gasteiger partial charge < -0.3 is 5.32 Å². The minimum Gasteiger partial charge on any atom is -0.308 e. The minimum atomic E-state index is 0.173. The Kier molecular flexibility index (Phi) is 2.69. The van der Waals surface area contributed by atoms with E-state index in [0.29, 0.717) is 12.0 Å². The summed E-state index contributed by atoms with van der Waals surface area (Å²) in [7, 11) is 0. The summed E-state index contributed by atoms with van der Waals surface area (Å²) in [6.07, 6.45) is 0.843. The molecule has 0 saturated heterocycles. The number of nitrogens with one attached hydrogen (secondary N) is 2. The minimum absolute atomic E-state index is 0.173. The molecule has 0 spiro atoms. The molecule has 0 amide bonds. The molecule has 1 aliphatic rings. The zero-order valence-corrected chi connectivity index (χ0v) is 9.63. The molecule has 1 aromatic heterocycles. The molecule has 0 fully saturated rings. The predicted octanol–water partition coefficient (Wildman–Crippen LogP) is 0.867. The predicted molar refractivity (Wildman–Crippen MR) is 59.9 cm³/mol. The average molecular weight is 209 g/mol. The molecule has 1 atom stereocenters. The SMILES string of the molecule is CC(C)Cn1[nH]c2c(c1=O)CC(C)NC2. The lowest BCUT2D eigenvalue weighted by atomic mass is 10.0. The van der Waals surface area contributed by atoms with Crippen molar-refractivity contribution < 1.29 is 0 Å². The molecule has 0 aromatic carbocycles. The number of fused-ring (bicyclic) bond motifs is 1. The first-order valence-electron chi connectivity index (χ1n) is 5.62. The lowest BCUT2D eigenvalue weighted by Gasteiger charge is -2.18. The van der Waals surface area contributed by atoms with Gasteiger partial charge in [-0.15, -0.1) is 0 Å².